The van der Waals surface area contributed by atoms with Gasteiger partial charge in [-0.25, -0.2) is 13.1 Å². The van der Waals surface area contributed by atoms with Crippen LogP contribution in [0.15, 0.2) is 41.3 Å². The average Bonchev–Trinajstić information content (AvgIpc) is 2.98. The minimum atomic E-state index is -3.57. The van der Waals surface area contributed by atoms with Crippen LogP contribution in [0.25, 0.3) is 10.9 Å². The number of aromatic nitrogens is 1. The molecule has 0 fully saturated rings. The number of aromatic amines is 1. The number of nitrogens with one attached hydrogen (secondary N) is 2. The van der Waals surface area contributed by atoms with Crippen molar-refractivity contribution in [1.29, 1.82) is 0 Å². The van der Waals surface area contributed by atoms with E-state index in [0.717, 1.165) is 23.9 Å². The van der Waals surface area contributed by atoms with Gasteiger partial charge in [-0.2, -0.15) is 0 Å². The number of aryl methyl sites for hydroxylation is 3. The molecule has 0 aliphatic heterocycles. The zero-order valence-electron chi connectivity index (χ0n) is 15.8. The lowest BCUT2D eigenvalue weighted by Crippen LogP contribution is -2.38. The van der Waals surface area contributed by atoms with Crippen molar-refractivity contribution in [3.05, 3.63) is 58.8 Å². The molecular formula is C21H24N2O3S. The van der Waals surface area contributed by atoms with Crippen LogP contribution in [0.5, 0.6) is 5.75 Å². The molecule has 1 heterocycles. The Labute approximate surface area is 159 Å². The molecule has 0 radical (unpaired) electrons. The summed E-state index contributed by atoms with van der Waals surface area (Å²) in [5.41, 5.74) is 5.60. The summed E-state index contributed by atoms with van der Waals surface area (Å²) in [6.07, 6.45) is 2.33. The van der Waals surface area contributed by atoms with Crippen LogP contribution in [0.2, 0.25) is 0 Å². The maximum atomic E-state index is 12.9. The second-order valence-electron chi connectivity index (χ2n) is 7.32. The van der Waals surface area contributed by atoms with E-state index in [1.54, 1.807) is 25.3 Å². The predicted octanol–water partition coefficient (Wildman–Crippen LogP) is 3.63. The van der Waals surface area contributed by atoms with E-state index in [9.17, 15) is 8.42 Å². The summed E-state index contributed by atoms with van der Waals surface area (Å²) < 4.78 is 33.8. The average molecular weight is 385 g/mol. The molecule has 1 aromatic heterocycles. The normalized spacial score (nSPS) is 17.1. The van der Waals surface area contributed by atoms with Gasteiger partial charge >= 0.3 is 0 Å². The van der Waals surface area contributed by atoms with Crippen LogP contribution >= 0.6 is 0 Å². The summed E-state index contributed by atoms with van der Waals surface area (Å²) in [6.45, 7) is 3.92. The van der Waals surface area contributed by atoms with Crippen LogP contribution in [0, 0.1) is 13.8 Å². The molecule has 5 nitrogen and oxygen atoms in total. The number of ether oxygens (including phenoxy) is 1. The van der Waals surface area contributed by atoms with E-state index in [2.05, 4.69) is 34.8 Å². The lowest BCUT2D eigenvalue weighted by atomic mass is 9.92. The van der Waals surface area contributed by atoms with Gasteiger partial charge in [0.2, 0.25) is 10.0 Å². The number of hydrogen-bond acceptors (Lipinski definition) is 3. The molecule has 0 saturated heterocycles. The summed E-state index contributed by atoms with van der Waals surface area (Å²) in [5, 5.41) is 1.20. The van der Waals surface area contributed by atoms with Crippen molar-refractivity contribution in [3.63, 3.8) is 0 Å². The molecular weight excluding hydrogens is 360 g/mol. The van der Waals surface area contributed by atoms with Crippen LogP contribution < -0.4 is 9.46 Å². The van der Waals surface area contributed by atoms with Crippen LogP contribution in [0.4, 0.5) is 0 Å². The summed E-state index contributed by atoms with van der Waals surface area (Å²) in [7, 11) is -1.99. The smallest absolute Gasteiger partial charge is 0.240 e. The van der Waals surface area contributed by atoms with Crippen LogP contribution in [-0.4, -0.2) is 26.6 Å². The summed E-state index contributed by atoms with van der Waals surface area (Å²) in [4.78, 5) is 3.77. The lowest BCUT2D eigenvalue weighted by molar-refractivity contribution is 0.411. The molecule has 3 aromatic rings. The van der Waals surface area contributed by atoms with Gasteiger partial charge < -0.3 is 9.72 Å². The van der Waals surface area contributed by atoms with Crippen molar-refractivity contribution in [2.24, 2.45) is 0 Å². The van der Waals surface area contributed by atoms with E-state index >= 15 is 0 Å². The van der Waals surface area contributed by atoms with E-state index in [0.29, 0.717) is 12.2 Å². The topological polar surface area (TPSA) is 71.2 Å². The molecule has 1 atom stereocenters. The van der Waals surface area contributed by atoms with E-state index in [4.69, 9.17) is 4.74 Å². The first-order valence-corrected chi connectivity index (χ1v) is 10.6. The maximum absolute atomic E-state index is 12.9. The zero-order valence-corrected chi connectivity index (χ0v) is 16.6. The number of rotatable bonds is 4. The predicted molar refractivity (Wildman–Crippen MR) is 107 cm³/mol. The largest absolute Gasteiger partial charge is 0.496 e. The Morgan fingerprint density at radius 1 is 1.15 bits per heavy atom. The highest BCUT2D eigenvalue weighted by molar-refractivity contribution is 7.89. The Bertz CT molecular complexity index is 1120. The number of methoxy groups -OCH3 is 1. The Balaban J connectivity index is 1.60. The van der Waals surface area contributed by atoms with Crippen molar-refractivity contribution >= 4 is 20.9 Å². The Hall–Kier alpha value is -2.31. The van der Waals surface area contributed by atoms with Gasteiger partial charge in [0, 0.05) is 22.6 Å². The number of H-pyrrole nitrogens is 1. The third-order valence-corrected chi connectivity index (χ3v) is 6.86. The first-order valence-electron chi connectivity index (χ1n) is 9.14. The summed E-state index contributed by atoms with van der Waals surface area (Å²) in [6, 6.07) is 11.2. The highest BCUT2D eigenvalue weighted by Gasteiger charge is 2.27. The van der Waals surface area contributed by atoms with Gasteiger partial charge in [-0.05, 0) is 74.6 Å². The molecule has 0 spiro atoms. The standard InChI is InChI=1S/C21H24N2O3S/c1-13-4-7-19-17(10-13)18-12-15(5-8-20(18)22-19)23-27(24,25)16-6-9-21(26-3)14(2)11-16/h4,6-7,9-11,15,22-23H,5,8,12H2,1-3H3. The van der Waals surface area contributed by atoms with Crippen molar-refractivity contribution in [1.82, 2.24) is 9.71 Å². The van der Waals surface area contributed by atoms with Gasteiger partial charge in [-0.3, -0.25) is 0 Å². The molecule has 2 N–H and O–H groups in total. The Morgan fingerprint density at radius 3 is 2.70 bits per heavy atom. The van der Waals surface area contributed by atoms with Gasteiger partial charge in [0.15, 0.2) is 0 Å². The number of benzene rings is 2. The number of fused-ring (bicyclic) bond motifs is 3. The monoisotopic (exact) mass is 384 g/mol. The molecule has 1 aliphatic carbocycles. The van der Waals surface area contributed by atoms with Crippen LogP contribution in [0.1, 0.15) is 28.8 Å². The molecule has 0 bridgehead atoms. The molecule has 4 rings (SSSR count). The molecule has 0 amide bonds. The third kappa shape index (κ3) is 3.35. The fourth-order valence-corrected chi connectivity index (χ4v) is 5.29. The number of sulfonamides is 1. The Kier molecular flexibility index (Phi) is 4.48. The second kappa shape index (κ2) is 6.69. The highest BCUT2D eigenvalue weighted by atomic mass is 32.2. The molecule has 27 heavy (non-hydrogen) atoms. The SMILES string of the molecule is COc1ccc(S(=O)(=O)NC2CCc3[nH]c4ccc(C)cc4c3C2)cc1C. The van der Waals surface area contributed by atoms with Gasteiger partial charge in [-0.1, -0.05) is 11.6 Å². The van der Waals surface area contributed by atoms with Crippen molar-refractivity contribution in [3.8, 4) is 5.75 Å². The maximum Gasteiger partial charge on any atom is 0.240 e. The Morgan fingerprint density at radius 2 is 1.96 bits per heavy atom. The van der Waals surface area contributed by atoms with Gasteiger partial charge in [-0.15, -0.1) is 0 Å². The molecule has 1 unspecified atom stereocenters. The van der Waals surface area contributed by atoms with E-state index in [-0.39, 0.29) is 10.9 Å². The van der Waals surface area contributed by atoms with Crippen molar-refractivity contribution in [2.75, 3.05) is 7.11 Å². The lowest BCUT2D eigenvalue weighted by Gasteiger charge is -2.23. The quantitative estimate of drug-likeness (QED) is 0.722. The highest BCUT2D eigenvalue weighted by Crippen LogP contribution is 2.30. The first kappa shape index (κ1) is 18.1. The zero-order chi connectivity index (χ0) is 19.2. The fraction of sp³-hybridized carbons (Fsp3) is 0.333. The fourth-order valence-electron chi connectivity index (χ4n) is 3.94. The van der Waals surface area contributed by atoms with Crippen molar-refractivity contribution < 1.29 is 13.2 Å². The second-order valence-corrected chi connectivity index (χ2v) is 9.04. The molecule has 0 saturated carbocycles. The first-order chi connectivity index (χ1) is 12.9. The van der Waals surface area contributed by atoms with Crippen molar-refractivity contribution in [2.45, 2.75) is 44.0 Å². The minimum Gasteiger partial charge on any atom is -0.496 e. The van der Waals surface area contributed by atoms with E-state index < -0.39 is 10.0 Å². The van der Waals surface area contributed by atoms with Crippen LogP contribution in [0.3, 0.4) is 0 Å². The van der Waals surface area contributed by atoms with Gasteiger partial charge in [0.1, 0.15) is 5.75 Å². The summed E-state index contributed by atoms with van der Waals surface area (Å²) >= 11 is 0. The summed E-state index contributed by atoms with van der Waals surface area (Å²) in [5.74, 6) is 0.686. The van der Waals surface area contributed by atoms with Crippen LogP contribution in [-0.2, 0) is 22.9 Å². The van der Waals surface area contributed by atoms with E-state index in [1.165, 1.54) is 22.2 Å². The minimum absolute atomic E-state index is 0.107. The number of hydrogen-bond donors (Lipinski definition) is 2. The van der Waals surface area contributed by atoms with Gasteiger partial charge in [0.05, 0.1) is 12.0 Å². The molecule has 142 valence electrons. The molecule has 1 aliphatic rings. The van der Waals surface area contributed by atoms with E-state index in [1.807, 2.05) is 6.92 Å². The van der Waals surface area contributed by atoms with Gasteiger partial charge in [0.25, 0.3) is 0 Å². The molecule has 2 aromatic carbocycles. The molecule has 6 heteroatoms. The third-order valence-electron chi connectivity index (χ3n) is 5.34.